The van der Waals surface area contributed by atoms with Gasteiger partial charge < -0.3 is 25.0 Å². The van der Waals surface area contributed by atoms with Crippen LogP contribution in [0.2, 0.25) is 0 Å². The van der Waals surface area contributed by atoms with Crippen molar-refractivity contribution in [3.63, 3.8) is 0 Å². The Labute approximate surface area is 207 Å². The van der Waals surface area contributed by atoms with Gasteiger partial charge in [-0.2, -0.15) is 10.1 Å². The van der Waals surface area contributed by atoms with Crippen LogP contribution in [0.15, 0.2) is 29.3 Å². The average molecular weight is 495 g/mol. The second-order valence-corrected chi connectivity index (χ2v) is 9.55. The Bertz CT molecular complexity index is 1280. The van der Waals surface area contributed by atoms with Gasteiger partial charge in [0.2, 0.25) is 5.95 Å². The third-order valence-electron chi connectivity index (χ3n) is 6.62. The van der Waals surface area contributed by atoms with Gasteiger partial charge in [-0.15, -0.1) is 0 Å². The van der Waals surface area contributed by atoms with Gasteiger partial charge in [-0.3, -0.25) is 9.59 Å². The third-order valence-corrected chi connectivity index (χ3v) is 6.62. The Hall–Kier alpha value is -3.80. The van der Waals surface area contributed by atoms with Crippen molar-refractivity contribution in [1.29, 1.82) is 0 Å². The Morgan fingerprint density at radius 2 is 1.89 bits per heavy atom. The summed E-state index contributed by atoms with van der Waals surface area (Å²) in [5, 5.41) is 19.0. The minimum Gasteiger partial charge on any atom is -0.481 e. The largest absolute Gasteiger partial charge is 0.481 e. The number of morpholine rings is 1. The molecule has 2 unspecified atom stereocenters. The van der Waals surface area contributed by atoms with E-state index in [1.807, 2.05) is 26.0 Å². The van der Waals surface area contributed by atoms with Crippen LogP contribution in [-0.2, 0) is 9.53 Å². The number of carboxylic acids is 1. The van der Waals surface area contributed by atoms with Crippen molar-refractivity contribution in [2.45, 2.75) is 45.3 Å². The van der Waals surface area contributed by atoms with Crippen molar-refractivity contribution >= 4 is 40.1 Å². The van der Waals surface area contributed by atoms with Crippen LogP contribution in [0.3, 0.4) is 0 Å². The molecule has 0 aliphatic carbocycles. The summed E-state index contributed by atoms with van der Waals surface area (Å²) in [5.74, 6) is 1.20. The summed E-state index contributed by atoms with van der Waals surface area (Å²) < 4.78 is 5.84. The fourth-order valence-electron chi connectivity index (χ4n) is 4.96. The van der Waals surface area contributed by atoms with E-state index in [1.54, 1.807) is 6.20 Å². The number of nitrogens with one attached hydrogen (secondary N) is 2. The number of nitrogens with zero attached hydrogens (tertiary/aromatic N) is 6. The van der Waals surface area contributed by atoms with Crippen LogP contribution in [0.1, 0.15) is 33.1 Å². The van der Waals surface area contributed by atoms with E-state index in [4.69, 9.17) is 14.8 Å². The predicted molar refractivity (Wildman–Crippen MR) is 135 cm³/mol. The molecule has 2 aliphatic heterocycles. The number of rotatable bonds is 6. The molecule has 0 aromatic carbocycles. The number of fused-ring (bicyclic) bond motifs is 1. The Morgan fingerprint density at radius 3 is 2.56 bits per heavy atom. The number of carbonyl (C=O) groups is 1. The lowest BCUT2D eigenvalue weighted by Gasteiger charge is -2.35. The molecule has 2 fully saturated rings. The molecule has 0 radical (unpaired) electrons. The van der Waals surface area contributed by atoms with Crippen molar-refractivity contribution in [2.24, 2.45) is 5.92 Å². The van der Waals surface area contributed by atoms with Crippen LogP contribution in [0.4, 0.5) is 23.3 Å². The molecule has 2 atom stereocenters. The second-order valence-electron chi connectivity index (χ2n) is 9.55. The Morgan fingerprint density at radius 1 is 1.14 bits per heavy atom. The van der Waals surface area contributed by atoms with E-state index in [0.717, 1.165) is 31.7 Å². The van der Waals surface area contributed by atoms with E-state index in [9.17, 15) is 9.59 Å². The smallest absolute Gasteiger partial charge is 0.303 e. The van der Waals surface area contributed by atoms with Crippen molar-refractivity contribution in [1.82, 2.24) is 25.1 Å². The molecule has 0 spiro atoms. The fourth-order valence-corrected chi connectivity index (χ4v) is 4.96. The van der Waals surface area contributed by atoms with Crippen LogP contribution in [0.25, 0.3) is 10.9 Å². The van der Waals surface area contributed by atoms with Gasteiger partial charge in [0, 0.05) is 32.6 Å². The maximum absolute atomic E-state index is 12.6. The van der Waals surface area contributed by atoms with Gasteiger partial charge in [0.25, 0.3) is 5.56 Å². The van der Waals surface area contributed by atoms with Crippen molar-refractivity contribution in [3.05, 3.63) is 34.9 Å². The zero-order chi connectivity index (χ0) is 25.2. The molecule has 2 saturated heterocycles. The molecule has 3 aromatic rings. The number of H-pyrrole nitrogens is 1. The Balaban J connectivity index is 1.37. The molecule has 3 N–H and O–H groups in total. The number of carboxylic acid groups (broad SMARTS) is 1. The predicted octanol–water partition coefficient (Wildman–Crippen LogP) is 2.16. The molecule has 0 amide bonds. The summed E-state index contributed by atoms with van der Waals surface area (Å²) in [5.41, 5.74) is 0.760. The van der Waals surface area contributed by atoms with Gasteiger partial charge in [-0.1, -0.05) is 0 Å². The first kappa shape index (κ1) is 23.9. The monoisotopic (exact) mass is 494 g/mol. The minimum atomic E-state index is -0.741. The van der Waals surface area contributed by atoms with Gasteiger partial charge in [0.15, 0.2) is 0 Å². The maximum atomic E-state index is 12.6. The van der Waals surface area contributed by atoms with E-state index in [1.165, 1.54) is 6.20 Å². The summed E-state index contributed by atoms with van der Waals surface area (Å²) in [7, 11) is 0. The molecule has 5 rings (SSSR count). The first-order valence-electron chi connectivity index (χ1n) is 12.2. The number of hydrogen-bond acceptors (Lipinski definition) is 10. The summed E-state index contributed by atoms with van der Waals surface area (Å²) >= 11 is 0. The highest BCUT2D eigenvalue weighted by Crippen LogP contribution is 2.27. The number of hydrogen-bond donors (Lipinski definition) is 3. The molecule has 2 aliphatic rings. The summed E-state index contributed by atoms with van der Waals surface area (Å²) in [6, 6.07) is 3.81. The number of piperidine rings is 1. The van der Waals surface area contributed by atoms with Crippen LogP contribution < -0.4 is 20.7 Å². The number of aromatic amines is 1. The summed E-state index contributed by atoms with van der Waals surface area (Å²) in [6.45, 7) is 6.86. The fraction of sp³-hybridized carbons (Fsp3) is 0.500. The van der Waals surface area contributed by atoms with Crippen molar-refractivity contribution in [3.8, 4) is 0 Å². The number of pyridine rings is 1. The molecule has 12 nitrogen and oxygen atoms in total. The van der Waals surface area contributed by atoms with Crippen molar-refractivity contribution in [2.75, 3.05) is 41.3 Å². The van der Waals surface area contributed by atoms with Crippen LogP contribution in [0, 0.1) is 5.92 Å². The minimum absolute atomic E-state index is 0.0349. The van der Waals surface area contributed by atoms with E-state index in [-0.39, 0.29) is 30.1 Å². The van der Waals surface area contributed by atoms with E-state index in [2.05, 4.69) is 35.3 Å². The maximum Gasteiger partial charge on any atom is 0.303 e. The normalized spacial score (nSPS) is 21.1. The van der Waals surface area contributed by atoms with E-state index < -0.39 is 5.97 Å². The van der Waals surface area contributed by atoms with Crippen LogP contribution >= 0.6 is 0 Å². The second kappa shape index (κ2) is 10.1. The first-order valence-corrected chi connectivity index (χ1v) is 12.2. The number of aliphatic carboxylic acids is 1. The van der Waals surface area contributed by atoms with Gasteiger partial charge >= 0.3 is 5.97 Å². The average Bonchev–Trinajstić information content (AvgIpc) is 2.84. The van der Waals surface area contributed by atoms with Gasteiger partial charge in [0.1, 0.15) is 22.5 Å². The van der Waals surface area contributed by atoms with Crippen molar-refractivity contribution < 1.29 is 14.6 Å². The molecular formula is C24H30N8O4. The van der Waals surface area contributed by atoms with Gasteiger partial charge in [-0.25, -0.2) is 15.1 Å². The third kappa shape index (κ3) is 5.23. The van der Waals surface area contributed by atoms with E-state index >= 15 is 0 Å². The molecule has 5 heterocycles. The van der Waals surface area contributed by atoms with Gasteiger partial charge in [-0.05, 0) is 44.7 Å². The molecule has 190 valence electrons. The highest BCUT2D eigenvalue weighted by molar-refractivity contribution is 5.90. The topological polar surface area (TPSA) is 149 Å². The van der Waals surface area contributed by atoms with Gasteiger partial charge in [0.05, 0.1) is 30.3 Å². The standard InChI is InChI=1S/C24H30N8O4/c1-14-12-32(13-15(2)36-14)24-28-18-11-26-30-23(35)21(18)22(29-24)27-17-3-4-19(25-10-17)31-7-5-16(6-8-31)9-20(33)34/h3-4,10-11,14-16H,5-9,12-13H2,1-2H3,(H,30,35)(H,33,34)(H,27,28,29). The summed E-state index contributed by atoms with van der Waals surface area (Å²) in [6.07, 6.45) is 5.19. The Kier molecular flexibility index (Phi) is 6.68. The highest BCUT2D eigenvalue weighted by Gasteiger charge is 2.26. The lowest BCUT2D eigenvalue weighted by Crippen LogP contribution is -2.46. The SMILES string of the molecule is CC1CN(c2nc(Nc3ccc(N4CCC(CC(=O)O)CC4)nc3)c3c(=O)[nH]ncc3n2)CC(C)O1. The quantitative estimate of drug-likeness (QED) is 0.462. The lowest BCUT2D eigenvalue weighted by molar-refractivity contribution is -0.138. The summed E-state index contributed by atoms with van der Waals surface area (Å²) in [4.78, 5) is 41.7. The molecule has 3 aromatic heterocycles. The molecule has 12 heteroatoms. The first-order chi connectivity index (χ1) is 17.4. The highest BCUT2D eigenvalue weighted by atomic mass is 16.5. The number of anilines is 4. The molecular weight excluding hydrogens is 464 g/mol. The molecule has 0 bridgehead atoms. The van der Waals surface area contributed by atoms with E-state index in [0.29, 0.717) is 41.4 Å². The number of ether oxygens (including phenoxy) is 1. The van der Waals surface area contributed by atoms with Crippen LogP contribution in [-0.4, -0.2) is 74.6 Å². The zero-order valence-corrected chi connectivity index (χ0v) is 20.3. The molecule has 36 heavy (non-hydrogen) atoms. The van der Waals surface area contributed by atoms with Crippen LogP contribution in [0.5, 0.6) is 0 Å². The lowest BCUT2D eigenvalue weighted by atomic mass is 9.94. The molecule has 0 saturated carbocycles. The number of aromatic nitrogens is 5. The zero-order valence-electron chi connectivity index (χ0n) is 20.3.